The number of rotatable bonds is 5. The molecule has 4 rings (SSSR count). The summed E-state index contributed by atoms with van der Waals surface area (Å²) in [7, 11) is 1.23. The number of benzene rings is 2. The molecule has 0 spiro atoms. The van der Waals surface area contributed by atoms with Crippen LogP contribution in [0.15, 0.2) is 48.8 Å². The summed E-state index contributed by atoms with van der Waals surface area (Å²) in [6, 6.07) is 8.22. The molecule has 0 bridgehead atoms. The molecule has 2 aromatic heterocycles. The largest absolute Gasteiger partial charge is 0.490 e. The van der Waals surface area contributed by atoms with Gasteiger partial charge in [0.15, 0.2) is 17.4 Å². The third-order valence-electron chi connectivity index (χ3n) is 4.81. The van der Waals surface area contributed by atoms with Crippen LogP contribution in [0.4, 0.5) is 24.7 Å². The molecule has 0 fully saturated rings. The number of anilines is 1. The second-order valence-corrected chi connectivity index (χ2v) is 7.12. The highest BCUT2D eigenvalue weighted by atomic mass is 19.4. The molecule has 0 aliphatic heterocycles. The van der Waals surface area contributed by atoms with E-state index in [9.17, 15) is 28.1 Å². The van der Waals surface area contributed by atoms with Crippen LogP contribution in [0.5, 0.6) is 5.75 Å². The van der Waals surface area contributed by atoms with E-state index in [-0.39, 0.29) is 39.7 Å². The molecule has 2 aromatic carbocycles. The van der Waals surface area contributed by atoms with Crippen molar-refractivity contribution in [3.63, 3.8) is 0 Å². The summed E-state index contributed by atoms with van der Waals surface area (Å²) in [4.78, 5) is 34.6. The summed E-state index contributed by atoms with van der Waals surface area (Å²) in [6.45, 7) is 1.74. The van der Waals surface area contributed by atoms with Crippen LogP contribution in [0.25, 0.3) is 16.9 Å². The van der Waals surface area contributed by atoms with Gasteiger partial charge in [-0.15, -0.1) is 0 Å². The van der Waals surface area contributed by atoms with Gasteiger partial charge >= 0.3 is 11.9 Å². The fraction of sp³-hybridized carbons (Fsp3) is 0.143. The van der Waals surface area contributed by atoms with Gasteiger partial charge in [-0.05, 0) is 30.7 Å². The summed E-state index contributed by atoms with van der Waals surface area (Å²) in [5.74, 6) is -2.12. The number of amides is 1. The molecule has 34 heavy (non-hydrogen) atoms. The third kappa shape index (κ3) is 4.22. The number of imidazole rings is 1. The summed E-state index contributed by atoms with van der Waals surface area (Å²) >= 11 is 0. The number of halogens is 3. The fourth-order valence-electron chi connectivity index (χ4n) is 3.27. The Balaban J connectivity index is 1.64. The number of aromatic nitrogens is 4. The van der Waals surface area contributed by atoms with Gasteiger partial charge < -0.3 is 10.1 Å². The normalized spacial score (nSPS) is 11.4. The topological polar surface area (TPSA) is 125 Å². The molecule has 1 N–H and O–H groups in total. The minimum atomic E-state index is -4.74. The number of alkyl halides is 3. The first-order valence-corrected chi connectivity index (χ1v) is 9.61. The van der Waals surface area contributed by atoms with Crippen LogP contribution in [0, 0.1) is 17.0 Å². The number of hydrogen-bond acceptors (Lipinski definition) is 7. The van der Waals surface area contributed by atoms with Gasteiger partial charge in [-0.3, -0.25) is 19.5 Å². The lowest BCUT2D eigenvalue weighted by molar-refractivity contribution is -0.385. The van der Waals surface area contributed by atoms with Gasteiger partial charge in [0.25, 0.3) is 5.91 Å². The van der Waals surface area contributed by atoms with Crippen LogP contribution in [0.1, 0.15) is 21.7 Å². The molecule has 0 saturated carbocycles. The van der Waals surface area contributed by atoms with E-state index in [4.69, 9.17) is 4.74 Å². The number of aryl methyl sites for hydroxylation is 1. The molecular formula is C21H15F3N6O4. The number of hydrogen-bond donors (Lipinski definition) is 1. The van der Waals surface area contributed by atoms with Crippen molar-refractivity contribution in [2.45, 2.75) is 13.1 Å². The Morgan fingerprint density at radius 3 is 2.53 bits per heavy atom. The van der Waals surface area contributed by atoms with E-state index in [2.05, 4.69) is 20.3 Å². The molecule has 0 unspecified atom stereocenters. The second kappa shape index (κ2) is 8.42. The Hall–Kier alpha value is -4.55. The van der Waals surface area contributed by atoms with E-state index in [1.54, 1.807) is 13.0 Å². The third-order valence-corrected chi connectivity index (χ3v) is 4.81. The molecule has 174 valence electrons. The number of fused-ring (bicyclic) bond motifs is 1. The van der Waals surface area contributed by atoms with Crippen molar-refractivity contribution in [3.8, 4) is 11.6 Å². The summed E-state index contributed by atoms with van der Waals surface area (Å²) < 4.78 is 46.6. The highest BCUT2D eigenvalue weighted by Gasteiger charge is 2.38. The lowest BCUT2D eigenvalue weighted by atomic mass is 10.2. The first-order chi connectivity index (χ1) is 16.1. The highest BCUT2D eigenvalue weighted by Crippen LogP contribution is 2.33. The standard InChI is InChI=1S/C21H15F3N6O4/c1-11-3-5-14-13(7-11)27-20(21(22,23)24)29(14)18-10-25-17(9-26-18)28-19(31)12-4-6-15(30(32)33)16(8-12)34-2/h3-10H,1-2H3,(H,25,28,31). The van der Waals surface area contributed by atoms with E-state index in [0.29, 0.717) is 0 Å². The van der Waals surface area contributed by atoms with Gasteiger partial charge in [0, 0.05) is 17.7 Å². The number of nitrogens with zero attached hydrogens (tertiary/aromatic N) is 5. The van der Waals surface area contributed by atoms with Crippen molar-refractivity contribution in [2.24, 2.45) is 0 Å². The lowest BCUT2D eigenvalue weighted by Gasteiger charge is -2.11. The Morgan fingerprint density at radius 1 is 1.15 bits per heavy atom. The molecule has 1 amide bonds. The van der Waals surface area contributed by atoms with Gasteiger partial charge in [-0.1, -0.05) is 6.07 Å². The first-order valence-electron chi connectivity index (χ1n) is 9.61. The van der Waals surface area contributed by atoms with Crippen LogP contribution in [-0.4, -0.2) is 37.5 Å². The van der Waals surface area contributed by atoms with Crippen molar-refractivity contribution in [2.75, 3.05) is 12.4 Å². The molecular weight excluding hydrogens is 457 g/mol. The molecule has 4 aromatic rings. The van der Waals surface area contributed by atoms with Gasteiger partial charge in [-0.2, -0.15) is 13.2 Å². The van der Waals surface area contributed by atoms with E-state index in [0.717, 1.165) is 28.6 Å². The van der Waals surface area contributed by atoms with Gasteiger partial charge in [0.05, 0.1) is 35.5 Å². The molecule has 0 aliphatic carbocycles. The van der Waals surface area contributed by atoms with E-state index in [1.165, 1.54) is 31.4 Å². The monoisotopic (exact) mass is 472 g/mol. The molecule has 0 radical (unpaired) electrons. The smallest absolute Gasteiger partial charge is 0.450 e. The van der Waals surface area contributed by atoms with Crippen LogP contribution in [-0.2, 0) is 6.18 Å². The summed E-state index contributed by atoms with van der Waals surface area (Å²) in [6.07, 6.45) is -2.57. The Kier molecular flexibility index (Phi) is 5.61. The van der Waals surface area contributed by atoms with Crippen molar-refractivity contribution in [1.29, 1.82) is 0 Å². The zero-order chi connectivity index (χ0) is 24.6. The fourth-order valence-corrected chi connectivity index (χ4v) is 3.27. The molecule has 0 atom stereocenters. The molecule has 2 heterocycles. The molecule has 0 aliphatic rings. The molecule has 10 nitrogen and oxygen atoms in total. The zero-order valence-corrected chi connectivity index (χ0v) is 17.6. The highest BCUT2D eigenvalue weighted by molar-refractivity contribution is 6.04. The first kappa shape index (κ1) is 22.6. The Labute approximate surface area is 189 Å². The van der Waals surface area contributed by atoms with Gasteiger partial charge in [0.1, 0.15) is 0 Å². The Bertz CT molecular complexity index is 1420. The number of ether oxygens (including phenoxy) is 1. The minimum absolute atomic E-state index is 0.0418. The summed E-state index contributed by atoms with van der Waals surface area (Å²) in [5.41, 5.74) is 0.827. The van der Waals surface area contributed by atoms with Crippen molar-refractivity contribution >= 4 is 28.4 Å². The quantitative estimate of drug-likeness (QED) is 0.339. The Morgan fingerprint density at radius 2 is 1.91 bits per heavy atom. The number of nitro groups is 1. The van der Waals surface area contributed by atoms with Gasteiger partial charge in [0.2, 0.25) is 5.82 Å². The number of nitro benzene ring substituents is 1. The average Bonchev–Trinajstić information content (AvgIpc) is 3.18. The van der Waals surface area contributed by atoms with Crippen molar-refractivity contribution < 1.29 is 27.6 Å². The number of nitrogens with one attached hydrogen (secondary N) is 1. The van der Waals surface area contributed by atoms with Crippen molar-refractivity contribution in [3.05, 3.63) is 75.9 Å². The number of carbonyl (C=O) groups excluding carboxylic acids is 1. The number of methoxy groups -OCH3 is 1. The SMILES string of the molecule is COc1cc(C(=O)Nc2cnc(-n3c(C(F)(F)F)nc4cc(C)ccc43)cn2)ccc1[N+](=O)[O-]. The minimum Gasteiger partial charge on any atom is -0.490 e. The summed E-state index contributed by atoms with van der Waals surface area (Å²) in [5, 5.41) is 13.4. The van der Waals surface area contributed by atoms with E-state index in [1.807, 2.05) is 0 Å². The molecule has 0 saturated heterocycles. The van der Waals surface area contributed by atoms with E-state index < -0.39 is 22.8 Å². The second-order valence-electron chi connectivity index (χ2n) is 7.12. The predicted molar refractivity (Wildman–Crippen MR) is 114 cm³/mol. The maximum atomic E-state index is 13.6. The van der Waals surface area contributed by atoms with Crippen molar-refractivity contribution in [1.82, 2.24) is 19.5 Å². The van der Waals surface area contributed by atoms with Gasteiger partial charge in [-0.25, -0.2) is 15.0 Å². The number of carbonyl (C=O) groups is 1. The van der Waals surface area contributed by atoms with Crippen LogP contribution < -0.4 is 10.1 Å². The maximum Gasteiger partial charge on any atom is 0.450 e. The average molecular weight is 472 g/mol. The lowest BCUT2D eigenvalue weighted by Crippen LogP contribution is -2.16. The van der Waals surface area contributed by atoms with E-state index >= 15 is 0 Å². The van der Waals surface area contributed by atoms with Crippen LogP contribution >= 0.6 is 0 Å². The van der Waals surface area contributed by atoms with Crippen LogP contribution in [0.3, 0.4) is 0 Å². The van der Waals surface area contributed by atoms with Crippen LogP contribution in [0.2, 0.25) is 0 Å². The maximum absolute atomic E-state index is 13.6. The molecule has 13 heteroatoms. The zero-order valence-electron chi connectivity index (χ0n) is 17.6. The predicted octanol–water partition coefficient (Wildman–Crippen LogP) is 4.31.